The molecular formula is C17H15N3O3. The molecule has 0 aliphatic heterocycles. The van der Waals surface area contributed by atoms with Crippen molar-refractivity contribution in [3.63, 3.8) is 0 Å². The van der Waals surface area contributed by atoms with Crippen LogP contribution in [0.1, 0.15) is 15.9 Å². The third kappa shape index (κ3) is 3.55. The highest BCUT2D eigenvalue weighted by Crippen LogP contribution is 2.26. The van der Waals surface area contributed by atoms with Gasteiger partial charge in [-0.05, 0) is 29.8 Å². The molecule has 0 unspecified atom stereocenters. The van der Waals surface area contributed by atoms with Gasteiger partial charge in [-0.1, -0.05) is 24.3 Å². The number of carbonyl (C=O) groups excluding carboxylic acids is 1. The van der Waals surface area contributed by atoms with E-state index >= 15 is 0 Å². The van der Waals surface area contributed by atoms with Crippen LogP contribution in [0.5, 0.6) is 11.5 Å². The van der Waals surface area contributed by atoms with Gasteiger partial charge in [0, 0.05) is 0 Å². The largest absolute Gasteiger partial charge is 0.493 e. The monoisotopic (exact) mass is 309 g/mol. The Morgan fingerprint density at radius 1 is 1.09 bits per heavy atom. The molecule has 23 heavy (non-hydrogen) atoms. The highest BCUT2D eigenvalue weighted by Gasteiger charge is 2.11. The minimum atomic E-state index is -0.429. The minimum Gasteiger partial charge on any atom is -0.493 e. The Balaban J connectivity index is 1.70. The van der Waals surface area contributed by atoms with Gasteiger partial charge >= 0.3 is 5.97 Å². The maximum atomic E-state index is 12.2. The predicted octanol–water partition coefficient (Wildman–Crippen LogP) is 2.55. The van der Waals surface area contributed by atoms with Gasteiger partial charge in [0.15, 0.2) is 11.5 Å². The van der Waals surface area contributed by atoms with Crippen molar-refractivity contribution < 1.29 is 14.3 Å². The van der Waals surface area contributed by atoms with Gasteiger partial charge in [0.05, 0.1) is 19.2 Å². The topological polar surface area (TPSA) is 66.2 Å². The van der Waals surface area contributed by atoms with Gasteiger partial charge in [-0.2, -0.15) is 5.10 Å². The fourth-order valence-corrected chi connectivity index (χ4v) is 2.11. The molecule has 0 radical (unpaired) electrons. The Morgan fingerprint density at radius 2 is 1.83 bits per heavy atom. The molecule has 0 saturated heterocycles. The highest BCUT2D eigenvalue weighted by atomic mass is 16.6. The Hall–Kier alpha value is -3.15. The van der Waals surface area contributed by atoms with E-state index in [0.29, 0.717) is 23.6 Å². The van der Waals surface area contributed by atoms with Gasteiger partial charge < -0.3 is 9.47 Å². The Morgan fingerprint density at radius 3 is 2.48 bits per heavy atom. The van der Waals surface area contributed by atoms with Crippen molar-refractivity contribution in [2.75, 3.05) is 7.11 Å². The predicted molar refractivity (Wildman–Crippen MR) is 83.5 cm³/mol. The van der Waals surface area contributed by atoms with E-state index in [2.05, 4.69) is 10.1 Å². The summed E-state index contributed by atoms with van der Waals surface area (Å²) in [6, 6.07) is 14.2. The molecule has 3 aromatic rings. The Kier molecular flexibility index (Phi) is 4.33. The van der Waals surface area contributed by atoms with Crippen LogP contribution in [-0.2, 0) is 6.54 Å². The van der Waals surface area contributed by atoms with Crippen LogP contribution in [0.2, 0.25) is 0 Å². The van der Waals surface area contributed by atoms with Crippen LogP contribution in [0, 0.1) is 0 Å². The lowest BCUT2D eigenvalue weighted by atomic mass is 10.1. The van der Waals surface area contributed by atoms with E-state index in [1.807, 2.05) is 18.2 Å². The molecule has 0 spiro atoms. The lowest BCUT2D eigenvalue weighted by Gasteiger charge is -2.09. The molecular weight excluding hydrogens is 294 g/mol. The van der Waals surface area contributed by atoms with Crippen LogP contribution in [0.4, 0.5) is 0 Å². The second kappa shape index (κ2) is 6.74. The number of esters is 1. The lowest BCUT2D eigenvalue weighted by Crippen LogP contribution is -2.09. The molecule has 0 aliphatic carbocycles. The normalized spacial score (nSPS) is 10.3. The number of carbonyl (C=O) groups is 1. The van der Waals surface area contributed by atoms with Crippen molar-refractivity contribution in [3.05, 3.63) is 72.3 Å². The quantitative estimate of drug-likeness (QED) is 0.535. The third-order valence-corrected chi connectivity index (χ3v) is 3.27. The van der Waals surface area contributed by atoms with E-state index in [1.165, 1.54) is 13.4 Å². The second-order valence-corrected chi connectivity index (χ2v) is 4.83. The molecule has 0 amide bonds. The van der Waals surface area contributed by atoms with E-state index in [9.17, 15) is 4.79 Å². The number of hydrogen-bond acceptors (Lipinski definition) is 5. The first-order valence-electron chi connectivity index (χ1n) is 7.03. The molecule has 1 aromatic heterocycles. The Bertz CT molecular complexity index is 783. The van der Waals surface area contributed by atoms with Crippen LogP contribution in [0.15, 0.2) is 61.2 Å². The second-order valence-electron chi connectivity index (χ2n) is 4.83. The van der Waals surface area contributed by atoms with Gasteiger partial charge in [-0.25, -0.2) is 14.5 Å². The van der Waals surface area contributed by atoms with Crippen molar-refractivity contribution in [3.8, 4) is 11.5 Å². The molecule has 0 bridgehead atoms. The lowest BCUT2D eigenvalue weighted by molar-refractivity contribution is 0.0729. The van der Waals surface area contributed by atoms with Gasteiger partial charge in [0.25, 0.3) is 0 Å². The first-order valence-corrected chi connectivity index (χ1v) is 7.03. The van der Waals surface area contributed by atoms with Crippen molar-refractivity contribution in [2.24, 2.45) is 0 Å². The number of nitrogens with zero attached hydrogens (tertiary/aromatic N) is 3. The van der Waals surface area contributed by atoms with Crippen LogP contribution in [0.25, 0.3) is 0 Å². The van der Waals surface area contributed by atoms with Crippen molar-refractivity contribution in [1.82, 2.24) is 14.8 Å². The van der Waals surface area contributed by atoms with E-state index in [-0.39, 0.29) is 0 Å². The number of para-hydroxylation sites is 2. The molecule has 0 fully saturated rings. The van der Waals surface area contributed by atoms with Gasteiger partial charge in [0.2, 0.25) is 0 Å². The zero-order chi connectivity index (χ0) is 16.1. The summed E-state index contributed by atoms with van der Waals surface area (Å²) in [6.45, 7) is 0.599. The molecule has 0 N–H and O–H groups in total. The number of rotatable bonds is 5. The molecule has 0 saturated carbocycles. The van der Waals surface area contributed by atoms with Gasteiger partial charge in [0.1, 0.15) is 12.7 Å². The van der Waals surface area contributed by atoms with E-state index < -0.39 is 5.97 Å². The van der Waals surface area contributed by atoms with Crippen molar-refractivity contribution >= 4 is 5.97 Å². The number of aromatic nitrogens is 3. The summed E-state index contributed by atoms with van der Waals surface area (Å²) in [4.78, 5) is 16.1. The number of hydrogen-bond donors (Lipinski definition) is 0. The van der Waals surface area contributed by atoms with Crippen molar-refractivity contribution in [1.29, 1.82) is 0 Å². The summed E-state index contributed by atoms with van der Waals surface area (Å²) in [5, 5.41) is 4.04. The van der Waals surface area contributed by atoms with Crippen LogP contribution < -0.4 is 9.47 Å². The van der Waals surface area contributed by atoms with Gasteiger partial charge in [-0.15, -0.1) is 0 Å². The summed E-state index contributed by atoms with van der Waals surface area (Å²) >= 11 is 0. The minimum absolute atomic E-state index is 0.395. The molecule has 6 nitrogen and oxygen atoms in total. The summed E-state index contributed by atoms with van der Waals surface area (Å²) in [5.74, 6) is 0.483. The van der Waals surface area contributed by atoms with Crippen LogP contribution in [0.3, 0.4) is 0 Å². The maximum absolute atomic E-state index is 12.2. The summed E-state index contributed by atoms with van der Waals surface area (Å²) < 4.78 is 12.3. The fourth-order valence-electron chi connectivity index (χ4n) is 2.11. The van der Waals surface area contributed by atoms with E-state index in [4.69, 9.17) is 9.47 Å². The van der Waals surface area contributed by atoms with Crippen LogP contribution >= 0.6 is 0 Å². The summed E-state index contributed by atoms with van der Waals surface area (Å²) in [5.41, 5.74) is 1.49. The van der Waals surface area contributed by atoms with E-state index in [0.717, 1.165) is 5.56 Å². The zero-order valence-corrected chi connectivity index (χ0v) is 12.5. The third-order valence-electron chi connectivity index (χ3n) is 3.27. The molecule has 2 aromatic carbocycles. The highest BCUT2D eigenvalue weighted by molar-refractivity contribution is 5.91. The standard InChI is InChI=1S/C17H15N3O3/c1-22-15-4-2-3-5-16(15)23-17(21)14-8-6-13(7-9-14)10-20-12-18-11-19-20/h2-9,11-12H,10H2,1H3. The van der Waals surface area contributed by atoms with Gasteiger partial charge in [-0.3, -0.25) is 0 Å². The molecule has 0 atom stereocenters. The Labute approximate surface area is 133 Å². The molecule has 0 aliphatic rings. The SMILES string of the molecule is COc1ccccc1OC(=O)c1ccc(Cn2cncn2)cc1. The summed E-state index contributed by atoms with van der Waals surface area (Å²) in [7, 11) is 1.53. The first kappa shape index (κ1) is 14.8. The number of methoxy groups -OCH3 is 1. The number of benzene rings is 2. The maximum Gasteiger partial charge on any atom is 0.343 e. The van der Waals surface area contributed by atoms with Crippen LogP contribution in [-0.4, -0.2) is 27.8 Å². The molecule has 116 valence electrons. The molecule has 6 heteroatoms. The smallest absolute Gasteiger partial charge is 0.343 e. The fraction of sp³-hybridized carbons (Fsp3) is 0.118. The average Bonchev–Trinajstić information content (AvgIpc) is 3.09. The first-order chi connectivity index (χ1) is 11.3. The van der Waals surface area contributed by atoms with E-state index in [1.54, 1.807) is 41.3 Å². The average molecular weight is 309 g/mol. The molecule has 1 heterocycles. The van der Waals surface area contributed by atoms with Crippen molar-refractivity contribution in [2.45, 2.75) is 6.54 Å². The summed E-state index contributed by atoms with van der Waals surface area (Å²) in [6.07, 6.45) is 3.13. The molecule has 3 rings (SSSR count). The number of ether oxygens (including phenoxy) is 2. The zero-order valence-electron chi connectivity index (χ0n) is 12.5.